The molecule has 1 heterocycles. The molecule has 4 rings (SSSR count). The Kier molecular flexibility index (Phi) is 3.64. The Hall–Kier alpha value is -1.97. The molecule has 134 valence electrons. The van der Waals surface area contributed by atoms with Gasteiger partial charge in [-0.05, 0) is 53.9 Å². The van der Waals surface area contributed by atoms with E-state index in [0.717, 1.165) is 24.2 Å². The lowest BCUT2D eigenvalue weighted by Gasteiger charge is -2.58. The maximum atomic E-state index is 12.3. The number of esters is 1. The molecule has 0 saturated heterocycles. The summed E-state index contributed by atoms with van der Waals surface area (Å²) in [4.78, 5) is 12.3. The van der Waals surface area contributed by atoms with Crippen LogP contribution in [-0.4, -0.2) is 18.9 Å². The molecule has 0 spiro atoms. The van der Waals surface area contributed by atoms with E-state index in [1.54, 1.807) is 6.08 Å². The average molecular weight is 342 g/mol. The lowest BCUT2D eigenvalue weighted by atomic mass is 9.47. The van der Waals surface area contributed by atoms with Crippen molar-refractivity contribution in [1.29, 1.82) is 0 Å². The Bertz CT molecular complexity index is 735. The summed E-state index contributed by atoms with van der Waals surface area (Å²) in [6, 6.07) is 5.63. The van der Waals surface area contributed by atoms with Gasteiger partial charge in [-0.25, -0.2) is 4.79 Å². The Labute approximate surface area is 149 Å². The van der Waals surface area contributed by atoms with E-state index in [1.807, 2.05) is 18.2 Å². The van der Waals surface area contributed by atoms with Crippen LogP contribution in [0, 0.1) is 22.7 Å². The van der Waals surface area contributed by atoms with E-state index in [4.69, 9.17) is 14.2 Å². The van der Waals surface area contributed by atoms with Gasteiger partial charge in [0.1, 0.15) is 6.10 Å². The zero-order valence-electron chi connectivity index (χ0n) is 15.4. The van der Waals surface area contributed by atoms with E-state index < -0.39 is 0 Å². The van der Waals surface area contributed by atoms with Crippen molar-refractivity contribution in [2.24, 2.45) is 22.7 Å². The fourth-order valence-electron chi connectivity index (χ4n) is 5.98. The van der Waals surface area contributed by atoms with Gasteiger partial charge in [-0.1, -0.05) is 33.8 Å². The second kappa shape index (κ2) is 5.52. The highest BCUT2D eigenvalue weighted by Gasteiger charge is 2.66. The van der Waals surface area contributed by atoms with E-state index in [-0.39, 0.29) is 24.3 Å². The first-order chi connectivity index (χ1) is 11.8. The monoisotopic (exact) mass is 342 g/mol. The van der Waals surface area contributed by atoms with Gasteiger partial charge in [0.15, 0.2) is 11.5 Å². The Morgan fingerprint density at radius 1 is 1.24 bits per heavy atom. The van der Waals surface area contributed by atoms with Crippen LogP contribution in [0.5, 0.6) is 11.5 Å². The number of carbonyl (C=O) groups excluding carboxylic acids is 1. The maximum Gasteiger partial charge on any atom is 0.331 e. The Balaban J connectivity index is 1.41. The predicted octanol–water partition coefficient (Wildman–Crippen LogP) is 4.43. The summed E-state index contributed by atoms with van der Waals surface area (Å²) >= 11 is 0. The van der Waals surface area contributed by atoms with Gasteiger partial charge in [0.2, 0.25) is 6.79 Å². The van der Waals surface area contributed by atoms with Crippen molar-refractivity contribution in [1.82, 2.24) is 0 Å². The van der Waals surface area contributed by atoms with Crippen LogP contribution in [0.1, 0.15) is 46.1 Å². The van der Waals surface area contributed by atoms with E-state index in [2.05, 4.69) is 27.7 Å². The standard InChI is InChI=1S/C21H26O4/c1-13-9-17(21(4)11-20(2,3)19(13)21)25-18(22)8-6-14-5-7-15-16(10-14)24-12-23-15/h5-8,10,13,17,19H,9,11-12H2,1-4H3/b8-6+. The first-order valence-corrected chi connectivity index (χ1v) is 9.08. The molecule has 3 aliphatic rings. The largest absolute Gasteiger partial charge is 0.459 e. The molecule has 1 aromatic carbocycles. The van der Waals surface area contributed by atoms with Crippen molar-refractivity contribution in [3.63, 3.8) is 0 Å². The van der Waals surface area contributed by atoms with E-state index in [1.165, 1.54) is 6.08 Å². The molecule has 1 aromatic rings. The van der Waals surface area contributed by atoms with Crippen LogP contribution >= 0.6 is 0 Å². The molecule has 0 N–H and O–H groups in total. The molecule has 2 fully saturated rings. The highest BCUT2D eigenvalue weighted by molar-refractivity contribution is 5.87. The fourth-order valence-corrected chi connectivity index (χ4v) is 5.98. The maximum absolute atomic E-state index is 12.3. The van der Waals surface area contributed by atoms with Crippen LogP contribution < -0.4 is 9.47 Å². The first kappa shape index (κ1) is 16.5. The highest BCUT2D eigenvalue weighted by atomic mass is 16.7. The Morgan fingerprint density at radius 2 is 2.00 bits per heavy atom. The zero-order valence-corrected chi connectivity index (χ0v) is 15.4. The molecule has 1 aliphatic heterocycles. The van der Waals surface area contributed by atoms with Crippen molar-refractivity contribution < 1.29 is 19.0 Å². The molecule has 2 saturated carbocycles. The van der Waals surface area contributed by atoms with Gasteiger partial charge in [0.05, 0.1) is 0 Å². The van der Waals surface area contributed by atoms with Gasteiger partial charge in [-0.15, -0.1) is 0 Å². The van der Waals surface area contributed by atoms with Crippen molar-refractivity contribution in [3.8, 4) is 11.5 Å². The van der Waals surface area contributed by atoms with Crippen LogP contribution in [0.3, 0.4) is 0 Å². The summed E-state index contributed by atoms with van der Waals surface area (Å²) in [5.74, 6) is 2.43. The number of hydrogen-bond donors (Lipinski definition) is 0. The van der Waals surface area contributed by atoms with Crippen molar-refractivity contribution in [2.45, 2.75) is 46.6 Å². The first-order valence-electron chi connectivity index (χ1n) is 9.08. The Morgan fingerprint density at radius 3 is 2.72 bits per heavy atom. The lowest BCUT2D eigenvalue weighted by molar-refractivity contribution is -0.168. The highest BCUT2D eigenvalue weighted by Crippen LogP contribution is 2.69. The van der Waals surface area contributed by atoms with E-state index in [9.17, 15) is 4.79 Å². The van der Waals surface area contributed by atoms with Crippen LogP contribution in [0.4, 0.5) is 0 Å². The predicted molar refractivity (Wildman–Crippen MR) is 95.3 cm³/mol. The normalized spacial score (nSPS) is 34.6. The quantitative estimate of drug-likeness (QED) is 0.602. The topological polar surface area (TPSA) is 44.8 Å². The molecular weight excluding hydrogens is 316 g/mol. The van der Waals surface area contributed by atoms with Gasteiger partial charge < -0.3 is 14.2 Å². The molecule has 0 bridgehead atoms. The molecule has 4 unspecified atom stereocenters. The zero-order chi connectivity index (χ0) is 17.8. The van der Waals surface area contributed by atoms with Gasteiger partial charge in [-0.2, -0.15) is 0 Å². The number of fused-ring (bicyclic) bond motifs is 2. The summed E-state index contributed by atoms with van der Waals surface area (Å²) in [5, 5.41) is 0. The lowest BCUT2D eigenvalue weighted by Crippen LogP contribution is -2.55. The van der Waals surface area contributed by atoms with Crippen LogP contribution in [-0.2, 0) is 9.53 Å². The molecule has 4 nitrogen and oxygen atoms in total. The van der Waals surface area contributed by atoms with Gasteiger partial charge in [0.25, 0.3) is 0 Å². The number of carbonyl (C=O) groups is 1. The van der Waals surface area contributed by atoms with E-state index in [0.29, 0.717) is 23.0 Å². The fraction of sp³-hybridized carbons (Fsp3) is 0.571. The third kappa shape index (κ3) is 2.62. The van der Waals surface area contributed by atoms with Crippen molar-refractivity contribution >= 4 is 12.0 Å². The van der Waals surface area contributed by atoms with Gasteiger partial charge >= 0.3 is 5.97 Å². The van der Waals surface area contributed by atoms with E-state index >= 15 is 0 Å². The third-order valence-electron chi connectivity index (χ3n) is 6.35. The third-order valence-corrected chi connectivity index (χ3v) is 6.35. The van der Waals surface area contributed by atoms with Crippen LogP contribution in [0.25, 0.3) is 6.08 Å². The summed E-state index contributed by atoms with van der Waals surface area (Å²) in [5.41, 5.74) is 1.39. The molecular formula is C21H26O4. The number of hydrogen-bond acceptors (Lipinski definition) is 4. The molecule has 2 aliphatic carbocycles. The molecule has 25 heavy (non-hydrogen) atoms. The summed E-state index contributed by atoms with van der Waals surface area (Å²) in [6.07, 6.45) is 5.40. The van der Waals surface area contributed by atoms with Crippen molar-refractivity contribution in [2.75, 3.05) is 6.79 Å². The van der Waals surface area contributed by atoms with Crippen LogP contribution in [0.15, 0.2) is 24.3 Å². The van der Waals surface area contributed by atoms with Gasteiger partial charge in [-0.3, -0.25) is 0 Å². The molecule has 4 heteroatoms. The SMILES string of the molecule is CC1CC(OC(=O)/C=C/c2ccc3c(c2)OCO3)C2(C)CC(C)(C)C12. The van der Waals surface area contributed by atoms with Crippen LogP contribution in [0.2, 0.25) is 0 Å². The summed E-state index contributed by atoms with van der Waals surface area (Å²) < 4.78 is 16.5. The summed E-state index contributed by atoms with van der Waals surface area (Å²) in [7, 11) is 0. The minimum Gasteiger partial charge on any atom is -0.459 e. The minimum atomic E-state index is -0.263. The number of rotatable bonds is 3. The van der Waals surface area contributed by atoms with Gasteiger partial charge in [0, 0.05) is 11.5 Å². The second-order valence-electron chi connectivity index (χ2n) is 8.73. The summed E-state index contributed by atoms with van der Waals surface area (Å²) in [6.45, 7) is 9.49. The number of ether oxygens (including phenoxy) is 3. The van der Waals surface area contributed by atoms with Crippen molar-refractivity contribution in [3.05, 3.63) is 29.8 Å². The molecule has 0 amide bonds. The minimum absolute atomic E-state index is 0.0226. The number of benzene rings is 1. The second-order valence-corrected chi connectivity index (χ2v) is 8.73. The average Bonchev–Trinajstić information content (AvgIpc) is 3.05. The molecule has 4 atom stereocenters. The molecule has 0 radical (unpaired) electrons. The molecule has 0 aromatic heterocycles. The smallest absolute Gasteiger partial charge is 0.331 e.